The van der Waals surface area contributed by atoms with Crippen molar-refractivity contribution in [2.45, 2.75) is 39.5 Å². The van der Waals surface area contributed by atoms with Crippen molar-refractivity contribution in [3.05, 3.63) is 59.1 Å². The minimum Gasteiger partial charge on any atom is -0.480 e. The summed E-state index contributed by atoms with van der Waals surface area (Å²) in [5.41, 5.74) is 1.20. The van der Waals surface area contributed by atoms with Crippen LogP contribution in [0.2, 0.25) is 0 Å². The summed E-state index contributed by atoms with van der Waals surface area (Å²) in [4.78, 5) is 13.5. The average molecular weight is 370 g/mol. The second kappa shape index (κ2) is 6.62. The van der Waals surface area contributed by atoms with Gasteiger partial charge in [-0.25, -0.2) is 4.39 Å². The molecule has 1 N–H and O–H groups in total. The molecule has 0 aliphatic carbocycles. The molecule has 1 aliphatic heterocycles. The number of halogens is 1. The van der Waals surface area contributed by atoms with Crippen molar-refractivity contribution in [2.24, 2.45) is 0 Å². The van der Waals surface area contributed by atoms with Gasteiger partial charge in [0.1, 0.15) is 35.0 Å². The van der Waals surface area contributed by atoms with E-state index in [1.807, 2.05) is 11.5 Å². The zero-order valence-corrected chi connectivity index (χ0v) is 15.0. The Bertz CT molecular complexity index is 1010. The first-order chi connectivity index (χ1) is 12.9. The Morgan fingerprint density at radius 1 is 1.30 bits per heavy atom. The van der Waals surface area contributed by atoms with Crippen LogP contribution in [0.1, 0.15) is 23.0 Å². The van der Waals surface area contributed by atoms with Gasteiger partial charge in [-0.15, -0.1) is 10.2 Å². The topological polar surface area (TPSA) is 84.4 Å². The smallest absolute Gasteiger partial charge is 0.322 e. The number of benzene rings is 1. The molecule has 0 radical (unpaired) electrons. The Balaban J connectivity index is 1.59. The number of rotatable bonds is 4. The second-order valence-electron chi connectivity index (χ2n) is 6.71. The third-order valence-corrected chi connectivity index (χ3v) is 4.99. The highest BCUT2D eigenvalue weighted by molar-refractivity contribution is 5.73. The Morgan fingerprint density at radius 2 is 2.11 bits per heavy atom. The van der Waals surface area contributed by atoms with E-state index >= 15 is 0 Å². The number of fused-ring (bicyclic) bond motifs is 1. The van der Waals surface area contributed by atoms with Crippen LogP contribution < -0.4 is 0 Å². The van der Waals surface area contributed by atoms with E-state index in [9.17, 15) is 14.3 Å². The van der Waals surface area contributed by atoms with Crippen molar-refractivity contribution < 1.29 is 18.7 Å². The standard InChI is InChI=1S/C19H19FN4O3/c1-11-14(4-3-5-15(11)20)17-7-6-13(27-17)8-23-10-18-22-21-12(2)24(18)9-16(23)19(25)26/h3-7,16H,8-10H2,1-2H3,(H,25,26). The first-order valence-electron chi connectivity index (χ1n) is 8.64. The summed E-state index contributed by atoms with van der Waals surface area (Å²) in [7, 11) is 0. The molecule has 0 saturated carbocycles. The van der Waals surface area contributed by atoms with Crippen LogP contribution in [0, 0.1) is 19.7 Å². The molecule has 0 spiro atoms. The number of furan rings is 1. The highest BCUT2D eigenvalue weighted by Gasteiger charge is 2.33. The van der Waals surface area contributed by atoms with E-state index in [1.54, 1.807) is 36.1 Å². The van der Waals surface area contributed by atoms with Gasteiger partial charge in [0.15, 0.2) is 0 Å². The van der Waals surface area contributed by atoms with Crippen molar-refractivity contribution >= 4 is 5.97 Å². The number of carbonyl (C=O) groups is 1. The fourth-order valence-electron chi connectivity index (χ4n) is 3.44. The summed E-state index contributed by atoms with van der Waals surface area (Å²) in [6.07, 6.45) is 0. The molecule has 27 heavy (non-hydrogen) atoms. The van der Waals surface area contributed by atoms with E-state index in [1.165, 1.54) is 6.07 Å². The van der Waals surface area contributed by atoms with Crippen molar-refractivity contribution in [1.82, 2.24) is 19.7 Å². The maximum atomic E-state index is 13.8. The lowest BCUT2D eigenvalue weighted by molar-refractivity contribution is -0.145. The van der Waals surface area contributed by atoms with Gasteiger partial charge in [-0.2, -0.15) is 0 Å². The fraction of sp³-hybridized carbons (Fsp3) is 0.316. The van der Waals surface area contributed by atoms with Crippen LogP contribution in [0.15, 0.2) is 34.7 Å². The molecule has 3 heterocycles. The van der Waals surface area contributed by atoms with E-state index in [0.717, 1.165) is 5.82 Å². The van der Waals surface area contributed by atoms with Crippen molar-refractivity contribution in [3.63, 3.8) is 0 Å². The Kier molecular flexibility index (Phi) is 4.27. The molecular weight excluding hydrogens is 351 g/mol. The van der Waals surface area contributed by atoms with E-state index < -0.39 is 12.0 Å². The van der Waals surface area contributed by atoms with Gasteiger partial charge in [0.2, 0.25) is 0 Å². The number of hydrogen-bond acceptors (Lipinski definition) is 5. The summed E-state index contributed by atoms with van der Waals surface area (Å²) in [5.74, 6) is 1.42. The van der Waals surface area contributed by atoms with Crippen LogP contribution in [0.3, 0.4) is 0 Å². The summed E-state index contributed by atoms with van der Waals surface area (Å²) < 4.78 is 21.5. The second-order valence-corrected chi connectivity index (χ2v) is 6.71. The SMILES string of the molecule is Cc1c(F)cccc1-c1ccc(CN2Cc3nnc(C)n3CC2C(=O)O)o1. The van der Waals surface area contributed by atoms with Gasteiger partial charge in [0.25, 0.3) is 0 Å². The molecule has 0 fully saturated rings. The molecule has 0 saturated heterocycles. The third kappa shape index (κ3) is 3.12. The molecule has 1 aromatic carbocycles. The number of nitrogens with zero attached hydrogens (tertiary/aromatic N) is 4. The van der Waals surface area contributed by atoms with E-state index in [2.05, 4.69) is 10.2 Å². The zero-order chi connectivity index (χ0) is 19.1. The molecule has 4 rings (SSSR count). The molecule has 1 unspecified atom stereocenters. The molecule has 1 atom stereocenters. The molecule has 1 aliphatic rings. The quantitative estimate of drug-likeness (QED) is 0.760. The molecular formula is C19H19FN4O3. The Labute approximate surface area is 155 Å². The molecule has 0 bridgehead atoms. The van der Waals surface area contributed by atoms with Gasteiger partial charge < -0.3 is 14.1 Å². The number of aromatic nitrogens is 3. The van der Waals surface area contributed by atoms with E-state index in [0.29, 0.717) is 48.1 Å². The lowest BCUT2D eigenvalue weighted by atomic mass is 10.1. The maximum Gasteiger partial charge on any atom is 0.322 e. The average Bonchev–Trinajstić information content (AvgIpc) is 3.24. The highest BCUT2D eigenvalue weighted by Crippen LogP contribution is 2.28. The van der Waals surface area contributed by atoms with Crippen LogP contribution >= 0.6 is 0 Å². The molecule has 7 nitrogen and oxygen atoms in total. The van der Waals surface area contributed by atoms with Gasteiger partial charge in [-0.05, 0) is 37.6 Å². The number of carboxylic acids is 1. The normalized spacial score (nSPS) is 17.1. The lowest BCUT2D eigenvalue weighted by Gasteiger charge is -2.32. The van der Waals surface area contributed by atoms with Crippen molar-refractivity contribution in [3.8, 4) is 11.3 Å². The van der Waals surface area contributed by atoms with Gasteiger partial charge >= 0.3 is 5.97 Å². The zero-order valence-electron chi connectivity index (χ0n) is 15.0. The maximum absolute atomic E-state index is 13.8. The van der Waals surface area contributed by atoms with Crippen molar-refractivity contribution in [1.29, 1.82) is 0 Å². The molecule has 0 amide bonds. The van der Waals surface area contributed by atoms with Crippen LogP contribution in [0.5, 0.6) is 0 Å². The predicted molar refractivity (Wildman–Crippen MR) is 94.3 cm³/mol. The number of hydrogen-bond donors (Lipinski definition) is 1. The summed E-state index contributed by atoms with van der Waals surface area (Å²) >= 11 is 0. The Hall–Kier alpha value is -3.00. The van der Waals surface area contributed by atoms with Crippen LogP contribution in [0.25, 0.3) is 11.3 Å². The minimum atomic E-state index is -0.901. The van der Waals surface area contributed by atoms with Crippen molar-refractivity contribution in [2.75, 3.05) is 0 Å². The number of carboxylic acid groups (broad SMARTS) is 1. The molecule has 8 heteroatoms. The van der Waals surface area contributed by atoms with E-state index in [-0.39, 0.29) is 5.82 Å². The summed E-state index contributed by atoms with van der Waals surface area (Å²) in [6, 6.07) is 7.73. The highest BCUT2D eigenvalue weighted by atomic mass is 19.1. The summed E-state index contributed by atoms with van der Waals surface area (Å²) in [6.45, 7) is 4.49. The molecule has 140 valence electrons. The largest absolute Gasteiger partial charge is 0.480 e. The van der Waals surface area contributed by atoms with Crippen LogP contribution in [-0.4, -0.2) is 36.8 Å². The third-order valence-electron chi connectivity index (χ3n) is 4.99. The Morgan fingerprint density at radius 3 is 2.89 bits per heavy atom. The molecule has 2 aromatic heterocycles. The summed E-state index contributed by atoms with van der Waals surface area (Å²) in [5, 5.41) is 17.8. The van der Waals surface area contributed by atoms with Gasteiger partial charge in [-0.3, -0.25) is 9.69 Å². The minimum absolute atomic E-state index is 0.290. The predicted octanol–water partition coefficient (Wildman–Crippen LogP) is 2.76. The van der Waals surface area contributed by atoms with Gasteiger partial charge in [0.05, 0.1) is 19.6 Å². The molecule has 3 aromatic rings. The van der Waals surface area contributed by atoms with Crippen LogP contribution in [-0.2, 0) is 24.4 Å². The number of aliphatic carboxylic acids is 1. The van der Waals surface area contributed by atoms with E-state index in [4.69, 9.17) is 4.42 Å². The van der Waals surface area contributed by atoms with Gasteiger partial charge in [0, 0.05) is 5.56 Å². The van der Waals surface area contributed by atoms with Crippen LogP contribution in [0.4, 0.5) is 4.39 Å². The fourth-order valence-corrected chi connectivity index (χ4v) is 3.44. The lowest BCUT2D eigenvalue weighted by Crippen LogP contribution is -2.47. The first-order valence-corrected chi connectivity index (χ1v) is 8.64. The van der Waals surface area contributed by atoms with Gasteiger partial charge in [-0.1, -0.05) is 12.1 Å². The first kappa shape index (κ1) is 17.4. The number of aryl methyl sites for hydroxylation is 1. The monoisotopic (exact) mass is 370 g/mol.